The van der Waals surface area contributed by atoms with Crippen LogP contribution in [-0.2, 0) is 6.42 Å². The highest BCUT2D eigenvalue weighted by molar-refractivity contribution is 7.99. The smallest absolute Gasteiger partial charge is 0.200 e. The molecule has 2 rings (SSSR count). The lowest BCUT2D eigenvalue weighted by Gasteiger charge is -2.07. The van der Waals surface area contributed by atoms with Crippen molar-refractivity contribution in [3.05, 3.63) is 59.2 Å². The van der Waals surface area contributed by atoms with Gasteiger partial charge < -0.3 is 0 Å². The van der Waals surface area contributed by atoms with E-state index in [1.54, 1.807) is 24.4 Å². The normalized spacial score (nSPS) is 10.8. The highest BCUT2D eigenvalue weighted by Crippen LogP contribution is 2.31. The van der Waals surface area contributed by atoms with Crippen LogP contribution < -0.4 is 0 Å². The molecule has 0 N–H and O–H groups in total. The number of halogens is 5. The molecule has 0 atom stereocenters. The van der Waals surface area contributed by atoms with Crippen LogP contribution in [0.2, 0.25) is 0 Å². The minimum Gasteiger partial charge on any atom is -0.261 e. The molecular formula is C13H8F5NS. The Kier molecular flexibility index (Phi) is 4.59. The summed E-state index contributed by atoms with van der Waals surface area (Å²) in [6.07, 6.45) is 1.91. The van der Waals surface area contributed by atoms with E-state index in [1.165, 1.54) is 0 Å². The molecule has 0 spiro atoms. The highest BCUT2D eigenvalue weighted by atomic mass is 32.2. The Morgan fingerprint density at radius 2 is 1.45 bits per heavy atom. The molecule has 0 aliphatic heterocycles. The topological polar surface area (TPSA) is 12.9 Å². The van der Waals surface area contributed by atoms with Crippen molar-refractivity contribution in [1.82, 2.24) is 4.98 Å². The number of benzene rings is 1. The van der Waals surface area contributed by atoms with Crippen molar-refractivity contribution in [2.45, 2.75) is 11.3 Å². The van der Waals surface area contributed by atoms with Crippen LogP contribution in [0.1, 0.15) is 5.69 Å². The average molecular weight is 305 g/mol. The van der Waals surface area contributed by atoms with Crippen molar-refractivity contribution < 1.29 is 22.0 Å². The van der Waals surface area contributed by atoms with Crippen molar-refractivity contribution in [3.63, 3.8) is 0 Å². The molecule has 0 bridgehead atoms. The van der Waals surface area contributed by atoms with Crippen molar-refractivity contribution in [2.75, 3.05) is 5.75 Å². The van der Waals surface area contributed by atoms with Gasteiger partial charge in [-0.1, -0.05) is 6.07 Å². The van der Waals surface area contributed by atoms with E-state index in [2.05, 4.69) is 4.98 Å². The maximum atomic E-state index is 13.4. The van der Waals surface area contributed by atoms with Crippen LogP contribution in [0, 0.1) is 29.1 Å². The lowest BCUT2D eigenvalue weighted by molar-refractivity contribution is 0.361. The van der Waals surface area contributed by atoms with Crippen molar-refractivity contribution in [1.29, 1.82) is 0 Å². The zero-order valence-corrected chi connectivity index (χ0v) is 10.8. The molecule has 0 saturated carbocycles. The molecule has 20 heavy (non-hydrogen) atoms. The van der Waals surface area contributed by atoms with Gasteiger partial charge in [0.2, 0.25) is 5.82 Å². The monoisotopic (exact) mass is 305 g/mol. The van der Waals surface area contributed by atoms with Gasteiger partial charge in [-0.25, -0.2) is 22.0 Å². The Labute approximate surface area is 115 Å². The summed E-state index contributed by atoms with van der Waals surface area (Å²) in [5, 5.41) is 0. The van der Waals surface area contributed by atoms with Gasteiger partial charge in [-0.15, -0.1) is 11.8 Å². The van der Waals surface area contributed by atoms with Crippen LogP contribution in [0.15, 0.2) is 29.3 Å². The van der Waals surface area contributed by atoms with Gasteiger partial charge in [-0.05, 0) is 18.6 Å². The zero-order chi connectivity index (χ0) is 14.7. The minimum absolute atomic E-state index is 0.148. The molecule has 0 aliphatic rings. The molecule has 1 aromatic heterocycles. The number of hydrogen-bond acceptors (Lipinski definition) is 2. The molecular weight excluding hydrogens is 297 g/mol. The van der Waals surface area contributed by atoms with Crippen LogP contribution in [-0.4, -0.2) is 10.7 Å². The Balaban J connectivity index is 2.14. The SMILES string of the molecule is Fc1c(F)c(F)c(SCCc2ccccn2)c(F)c1F. The van der Waals surface area contributed by atoms with E-state index in [0.29, 0.717) is 23.9 Å². The van der Waals surface area contributed by atoms with Crippen molar-refractivity contribution in [2.24, 2.45) is 0 Å². The standard InChI is InChI=1S/C13H8F5NS/c14-8-9(15)11(17)13(12(18)10(8)16)20-6-4-7-3-1-2-5-19-7/h1-3,5H,4,6H2. The maximum absolute atomic E-state index is 13.4. The third-order valence-electron chi connectivity index (χ3n) is 2.50. The molecule has 0 aliphatic carbocycles. The molecule has 1 nitrogen and oxygen atoms in total. The lowest BCUT2D eigenvalue weighted by atomic mass is 10.3. The second-order valence-corrected chi connectivity index (χ2v) is 4.92. The molecule has 1 aromatic carbocycles. The number of nitrogens with zero attached hydrogens (tertiary/aromatic N) is 1. The Morgan fingerprint density at radius 3 is 2.00 bits per heavy atom. The van der Waals surface area contributed by atoms with E-state index >= 15 is 0 Å². The Morgan fingerprint density at radius 1 is 0.850 bits per heavy atom. The average Bonchev–Trinajstić information content (AvgIpc) is 2.48. The van der Waals surface area contributed by atoms with E-state index in [0.717, 1.165) is 0 Å². The lowest BCUT2D eigenvalue weighted by Crippen LogP contribution is -2.04. The molecule has 0 amide bonds. The van der Waals surface area contributed by atoms with E-state index in [1.807, 2.05) is 0 Å². The second kappa shape index (κ2) is 6.21. The van der Waals surface area contributed by atoms with E-state index in [-0.39, 0.29) is 5.75 Å². The van der Waals surface area contributed by atoms with Gasteiger partial charge in [-0.2, -0.15) is 0 Å². The highest BCUT2D eigenvalue weighted by Gasteiger charge is 2.25. The third-order valence-corrected chi connectivity index (χ3v) is 3.56. The fourth-order valence-corrected chi connectivity index (χ4v) is 2.46. The summed E-state index contributed by atoms with van der Waals surface area (Å²) in [6.45, 7) is 0. The number of aryl methyl sites for hydroxylation is 1. The number of pyridine rings is 1. The summed E-state index contributed by atoms with van der Waals surface area (Å²) in [5.41, 5.74) is 0.670. The van der Waals surface area contributed by atoms with E-state index < -0.39 is 34.0 Å². The van der Waals surface area contributed by atoms with Crippen LogP contribution in [0.3, 0.4) is 0 Å². The van der Waals surface area contributed by atoms with Gasteiger partial charge in [0.25, 0.3) is 0 Å². The molecule has 1 heterocycles. The van der Waals surface area contributed by atoms with Gasteiger partial charge in [0.1, 0.15) is 0 Å². The van der Waals surface area contributed by atoms with Crippen molar-refractivity contribution >= 4 is 11.8 Å². The third kappa shape index (κ3) is 2.92. The number of thioether (sulfide) groups is 1. The predicted octanol–water partition coefficient (Wildman–Crippen LogP) is 4.11. The summed E-state index contributed by atoms with van der Waals surface area (Å²) in [5.74, 6) is -9.45. The van der Waals surface area contributed by atoms with Gasteiger partial charge >= 0.3 is 0 Å². The maximum Gasteiger partial charge on any atom is 0.200 e. The van der Waals surface area contributed by atoms with Gasteiger partial charge in [-0.3, -0.25) is 4.98 Å². The van der Waals surface area contributed by atoms with Crippen LogP contribution >= 0.6 is 11.8 Å². The summed E-state index contributed by atoms with van der Waals surface area (Å²) >= 11 is 0.569. The first-order chi connectivity index (χ1) is 9.52. The quantitative estimate of drug-likeness (QED) is 0.365. The summed E-state index contributed by atoms with van der Waals surface area (Å²) in [6, 6.07) is 5.16. The Hall–Kier alpha value is -1.63. The first-order valence-electron chi connectivity index (χ1n) is 5.56. The van der Waals surface area contributed by atoms with Crippen LogP contribution in [0.5, 0.6) is 0 Å². The van der Waals surface area contributed by atoms with E-state index in [9.17, 15) is 22.0 Å². The molecule has 0 saturated heterocycles. The second-order valence-electron chi connectivity index (χ2n) is 3.82. The molecule has 0 unspecified atom stereocenters. The van der Waals surface area contributed by atoms with Gasteiger partial charge in [0.15, 0.2) is 23.3 Å². The molecule has 2 aromatic rings. The first kappa shape index (κ1) is 14.8. The van der Waals surface area contributed by atoms with Gasteiger partial charge in [0.05, 0.1) is 4.90 Å². The molecule has 106 valence electrons. The van der Waals surface area contributed by atoms with E-state index in [4.69, 9.17) is 0 Å². The molecule has 0 radical (unpaired) electrons. The zero-order valence-electron chi connectivity index (χ0n) is 9.97. The minimum atomic E-state index is -2.14. The largest absolute Gasteiger partial charge is 0.261 e. The summed E-state index contributed by atoms with van der Waals surface area (Å²) in [7, 11) is 0. The Bertz CT molecular complexity index is 589. The first-order valence-corrected chi connectivity index (χ1v) is 6.55. The fraction of sp³-hybridized carbons (Fsp3) is 0.154. The fourth-order valence-electron chi connectivity index (χ4n) is 1.52. The van der Waals surface area contributed by atoms with Gasteiger partial charge in [0, 0.05) is 17.6 Å². The molecule has 0 fully saturated rings. The summed E-state index contributed by atoms with van der Waals surface area (Å²) < 4.78 is 65.5. The predicted molar refractivity (Wildman–Crippen MR) is 64.9 cm³/mol. The van der Waals surface area contributed by atoms with Crippen molar-refractivity contribution in [3.8, 4) is 0 Å². The summed E-state index contributed by atoms with van der Waals surface area (Å²) in [4.78, 5) is 3.13. The number of rotatable bonds is 4. The molecule has 7 heteroatoms. The number of hydrogen-bond donors (Lipinski definition) is 0. The van der Waals surface area contributed by atoms with Crippen LogP contribution in [0.25, 0.3) is 0 Å². The van der Waals surface area contributed by atoms with Crippen LogP contribution in [0.4, 0.5) is 22.0 Å². The number of aromatic nitrogens is 1.